The van der Waals surface area contributed by atoms with Crippen LogP contribution in [0.5, 0.6) is 0 Å². The van der Waals surface area contributed by atoms with Crippen LogP contribution in [0.25, 0.3) is 0 Å². The minimum absolute atomic E-state index is 0. The lowest BCUT2D eigenvalue weighted by Crippen LogP contribution is -2.42. The van der Waals surface area contributed by atoms with Crippen LogP contribution in [0, 0.1) is 5.92 Å². The number of aromatic nitrogens is 1. The maximum atomic E-state index is 11.4. The number of amides is 1. The lowest BCUT2D eigenvalue weighted by atomic mass is 10.2. The number of carbonyl (C=O) groups excluding carboxylic acids is 1. The first-order chi connectivity index (χ1) is 10.0. The van der Waals surface area contributed by atoms with Crippen LogP contribution in [0.1, 0.15) is 26.3 Å². The minimum atomic E-state index is 0. The SMILES string of the molecule is CCNC(=NCc1ccn(C)c1)NCCNC(=O)C(C)C.I. The molecule has 1 aromatic rings. The van der Waals surface area contributed by atoms with Gasteiger partial charge in [0.25, 0.3) is 0 Å². The van der Waals surface area contributed by atoms with Crippen LogP contribution in [0.3, 0.4) is 0 Å². The number of halogens is 1. The Labute approximate surface area is 150 Å². The first-order valence-corrected chi connectivity index (χ1v) is 7.43. The molecule has 0 aliphatic carbocycles. The summed E-state index contributed by atoms with van der Waals surface area (Å²) in [5, 5.41) is 9.27. The van der Waals surface area contributed by atoms with Crippen molar-refractivity contribution in [2.45, 2.75) is 27.3 Å². The van der Waals surface area contributed by atoms with Gasteiger partial charge in [0, 0.05) is 45.0 Å². The van der Waals surface area contributed by atoms with E-state index in [4.69, 9.17) is 0 Å². The molecule has 3 N–H and O–H groups in total. The Morgan fingerprint density at radius 1 is 1.27 bits per heavy atom. The zero-order valence-electron chi connectivity index (χ0n) is 13.8. The molecule has 0 aliphatic rings. The van der Waals surface area contributed by atoms with Crippen LogP contribution in [0.2, 0.25) is 0 Å². The first-order valence-electron chi connectivity index (χ1n) is 7.43. The Balaban J connectivity index is 0.00000441. The standard InChI is InChI=1S/C15H27N5O.HI/c1-5-16-15(18-8-7-17-14(21)12(2)3)19-10-13-6-9-20(4)11-13;/h6,9,11-12H,5,7-8,10H2,1-4H3,(H,17,21)(H2,16,18,19);1H. The predicted molar refractivity (Wildman–Crippen MR) is 101 cm³/mol. The molecule has 22 heavy (non-hydrogen) atoms. The van der Waals surface area contributed by atoms with Gasteiger partial charge in [0.15, 0.2) is 5.96 Å². The highest BCUT2D eigenvalue weighted by molar-refractivity contribution is 14.0. The summed E-state index contributed by atoms with van der Waals surface area (Å²) in [4.78, 5) is 16.0. The molecule has 0 atom stereocenters. The van der Waals surface area contributed by atoms with Gasteiger partial charge in [0.05, 0.1) is 6.54 Å². The summed E-state index contributed by atoms with van der Waals surface area (Å²) in [6.07, 6.45) is 4.06. The average Bonchev–Trinajstić information content (AvgIpc) is 2.86. The van der Waals surface area contributed by atoms with E-state index in [9.17, 15) is 4.79 Å². The number of guanidine groups is 1. The van der Waals surface area contributed by atoms with Crippen LogP contribution >= 0.6 is 24.0 Å². The summed E-state index contributed by atoms with van der Waals surface area (Å²) < 4.78 is 2.01. The number of hydrogen-bond acceptors (Lipinski definition) is 2. The zero-order chi connectivity index (χ0) is 15.7. The van der Waals surface area contributed by atoms with Gasteiger partial charge in [-0.1, -0.05) is 13.8 Å². The van der Waals surface area contributed by atoms with Gasteiger partial charge >= 0.3 is 0 Å². The highest BCUT2D eigenvalue weighted by atomic mass is 127. The average molecular weight is 421 g/mol. The molecule has 0 saturated carbocycles. The molecule has 0 aromatic carbocycles. The molecule has 1 rings (SSSR count). The summed E-state index contributed by atoms with van der Waals surface area (Å²) in [7, 11) is 1.99. The second kappa shape index (κ2) is 11.3. The summed E-state index contributed by atoms with van der Waals surface area (Å²) in [6.45, 7) is 8.47. The number of carbonyl (C=O) groups is 1. The third-order valence-electron chi connectivity index (χ3n) is 2.90. The Morgan fingerprint density at radius 3 is 2.50 bits per heavy atom. The molecule has 0 fully saturated rings. The normalized spacial score (nSPS) is 11.0. The fourth-order valence-electron chi connectivity index (χ4n) is 1.74. The molecular formula is C15H28IN5O. The zero-order valence-corrected chi connectivity index (χ0v) is 16.2. The fourth-order valence-corrected chi connectivity index (χ4v) is 1.74. The molecule has 0 spiro atoms. The lowest BCUT2D eigenvalue weighted by molar-refractivity contribution is -0.123. The summed E-state index contributed by atoms with van der Waals surface area (Å²) >= 11 is 0. The number of hydrogen-bond donors (Lipinski definition) is 3. The maximum Gasteiger partial charge on any atom is 0.222 e. The molecule has 7 heteroatoms. The molecule has 0 unspecified atom stereocenters. The number of nitrogens with one attached hydrogen (secondary N) is 3. The maximum absolute atomic E-state index is 11.4. The second-order valence-electron chi connectivity index (χ2n) is 5.25. The highest BCUT2D eigenvalue weighted by Gasteiger charge is 2.05. The van der Waals surface area contributed by atoms with Gasteiger partial charge in [0.2, 0.25) is 5.91 Å². The van der Waals surface area contributed by atoms with Gasteiger partial charge in [-0.15, -0.1) is 24.0 Å². The second-order valence-corrected chi connectivity index (χ2v) is 5.25. The highest BCUT2D eigenvalue weighted by Crippen LogP contribution is 2.00. The van der Waals surface area contributed by atoms with Gasteiger partial charge in [0.1, 0.15) is 0 Å². The van der Waals surface area contributed by atoms with Crippen molar-refractivity contribution in [3.63, 3.8) is 0 Å². The number of aryl methyl sites for hydroxylation is 1. The molecule has 0 aliphatic heterocycles. The van der Waals surface area contributed by atoms with E-state index in [-0.39, 0.29) is 35.8 Å². The summed E-state index contributed by atoms with van der Waals surface area (Å²) in [5.41, 5.74) is 1.17. The van der Waals surface area contributed by atoms with E-state index in [1.165, 1.54) is 5.56 Å². The monoisotopic (exact) mass is 421 g/mol. The van der Waals surface area contributed by atoms with Crippen molar-refractivity contribution in [1.82, 2.24) is 20.5 Å². The topological polar surface area (TPSA) is 70.5 Å². The minimum Gasteiger partial charge on any atom is -0.357 e. The van der Waals surface area contributed by atoms with Crippen LogP contribution < -0.4 is 16.0 Å². The Kier molecular flexibility index (Phi) is 10.7. The smallest absolute Gasteiger partial charge is 0.222 e. The first kappa shape index (κ1) is 20.8. The fraction of sp³-hybridized carbons (Fsp3) is 0.600. The molecule has 0 bridgehead atoms. The Bertz CT molecular complexity index is 470. The molecule has 0 radical (unpaired) electrons. The summed E-state index contributed by atoms with van der Waals surface area (Å²) in [6, 6.07) is 2.05. The van der Waals surface area contributed by atoms with Crippen LogP contribution in [-0.4, -0.2) is 36.1 Å². The molecule has 126 valence electrons. The molecule has 0 saturated heterocycles. The van der Waals surface area contributed by atoms with Crippen LogP contribution in [-0.2, 0) is 18.4 Å². The van der Waals surface area contributed by atoms with E-state index < -0.39 is 0 Å². The van der Waals surface area contributed by atoms with Crippen molar-refractivity contribution >= 4 is 35.8 Å². The molecule has 1 aromatic heterocycles. The largest absolute Gasteiger partial charge is 0.357 e. The molecule has 1 heterocycles. The summed E-state index contributed by atoms with van der Waals surface area (Å²) in [5.74, 6) is 0.855. The van der Waals surface area contributed by atoms with Crippen molar-refractivity contribution in [2.24, 2.45) is 18.0 Å². The van der Waals surface area contributed by atoms with Crippen molar-refractivity contribution < 1.29 is 4.79 Å². The molecular weight excluding hydrogens is 393 g/mol. The van der Waals surface area contributed by atoms with Gasteiger partial charge in [-0.05, 0) is 18.6 Å². The van der Waals surface area contributed by atoms with Gasteiger partial charge in [-0.3, -0.25) is 4.79 Å². The van der Waals surface area contributed by atoms with Crippen molar-refractivity contribution in [3.8, 4) is 0 Å². The predicted octanol–water partition coefficient (Wildman–Crippen LogP) is 1.47. The number of rotatable bonds is 7. The third-order valence-corrected chi connectivity index (χ3v) is 2.90. The van der Waals surface area contributed by atoms with Crippen molar-refractivity contribution in [1.29, 1.82) is 0 Å². The Hall–Kier alpha value is -1.25. The number of aliphatic imine (C=N–C) groups is 1. The van der Waals surface area contributed by atoms with Crippen LogP contribution in [0.4, 0.5) is 0 Å². The van der Waals surface area contributed by atoms with Crippen LogP contribution in [0.15, 0.2) is 23.5 Å². The quantitative estimate of drug-likeness (QED) is 0.270. The molecule has 6 nitrogen and oxygen atoms in total. The van der Waals surface area contributed by atoms with E-state index in [1.54, 1.807) is 0 Å². The third kappa shape index (κ3) is 8.26. The number of nitrogens with zero attached hydrogens (tertiary/aromatic N) is 2. The van der Waals surface area contributed by atoms with Gasteiger partial charge in [-0.2, -0.15) is 0 Å². The van der Waals surface area contributed by atoms with Gasteiger partial charge < -0.3 is 20.5 Å². The lowest BCUT2D eigenvalue weighted by Gasteiger charge is -2.12. The Morgan fingerprint density at radius 2 is 1.95 bits per heavy atom. The van der Waals surface area contributed by atoms with E-state index in [2.05, 4.69) is 33.2 Å². The van der Waals surface area contributed by atoms with E-state index >= 15 is 0 Å². The van der Waals surface area contributed by atoms with Crippen molar-refractivity contribution in [2.75, 3.05) is 19.6 Å². The van der Waals surface area contributed by atoms with Gasteiger partial charge in [-0.25, -0.2) is 4.99 Å². The van der Waals surface area contributed by atoms with Crippen molar-refractivity contribution in [3.05, 3.63) is 24.0 Å². The van der Waals surface area contributed by atoms with E-state index in [0.29, 0.717) is 19.6 Å². The van der Waals surface area contributed by atoms with E-state index in [0.717, 1.165) is 12.5 Å². The van der Waals surface area contributed by atoms with E-state index in [1.807, 2.05) is 38.6 Å². The molecule has 1 amide bonds.